The molecule has 1 atom stereocenters. The molecule has 2 rings (SSSR count). The summed E-state index contributed by atoms with van der Waals surface area (Å²) in [5, 5.41) is 13.9. The van der Waals surface area contributed by atoms with Crippen molar-refractivity contribution < 1.29 is 18.3 Å². The van der Waals surface area contributed by atoms with Crippen molar-refractivity contribution in [3.8, 4) is 0 Å². The highest BCUT2D eigenvalue weighted by molar-refractivity contribution is 4.96. The summed E-state index contributed by atoms with van der Waals surface area (Å²) in [5.74, 6) is -1.22. The first-order valence-corrected chi connectivity index (χ1v) is 6.94. The lowest BCUT2D eigenvalue weighted by Crippen LogP contribution is -2.53. The maximum Gasteiger partial charge on any atom is 0.391 e. The Kier molecular flexibility index (Phi) is 4.22. The molecule has 1 saturated carbocycles. The van der Waals surface area contributed by atoms with Crippen LogP contribution in [0.5, 0.6) is 0 Å². The third-order valence-electron chi connectivity index (χ3n) is 4.52. The topological polar surface area (TPSA) is 32.3 Å². The summed E-state index contributed by atoms with van der Waals surface area (Å²) in [4.78, 5) is 0. The third kappa shape index (κ3) is 3.18. The Hall–Kier alpha value is -0.290. The standard InChI is InChI=1S/C13H22F3NO/c14-13(15,16)10-5-7-12(18,8-6-10)11-4-2-1-3-9-17-11/h10-11,17-18H,1-9H2. The zero-order chi connectivity index (χ0) is 13.2. The van der Waals surface area contributed by atoms with Gasteiger partial charge in [0.1, 0.15) is 0 Å². The normalized spacial score (nSPS) is 39.3. The lowest BCUT2D eigenvalue weighted by molar-refractivity contribution is -0.194. The van der Waals surface area contributed by atoms with Crippen LogP contribution in [0.25, 0.3) is 0 Å². The van der Waals surface area contributed by atoms with Crippen molar-refractivity contribution in [3.63, 3.8) is 0 Å². The monoisotopic (exact) mass is 265 g/mol. The SMILES string of the molecule is OC1(C2CCCCCN2)CCC(C(F)(F)F)CC1. The van der Waals surface area contributed by atoms with Crippen LogP contribution in [0.1, 0.15) is 51.4 Å². The van der Waals surface area contributed by atoms with Gasteiger partial charge in [0.05, 0.1) is 11.5 Å². The van der Waals surface area contributed by atoms with Gasteiger partial charge >= 0.3 is 6.18 Å². The summed E-state index contributed by atoms with van der Waals surface area (Å²) >= 11 is 0. The molecule has 0 amide bonds. The second kappa shape index (κ2) is 5.37. The van der Waals surface area contributed by atoms with E-state index in [0.717, 1.165) is 32.2 Å². The Morgan fingerprint density at radius 3 is 2.28 bits per heavy atom. The molecule has 2 nitrogen and oxygen atoms in total. The van der Waals surface area contributed by atoms with E-state index >= 15 is 0 Å². The highest BCUT2D eigenvalue weighted by Gasteiger charge is 2.47. The van der Waals surface area contributed by atoms with Crippen LogP contribution >= 0.6 is 0 Å². The van der Waals surface area contributed by atoms with Crippen molar-refractivity contribution in [1.82, 2.24) is 5.32 Å². The minimum absolute atomic E-state index is 0.0193. The van der Waals surface area contributed by atoms with Gasteiger partial charge < -0.3 is 10.4 Å². The van der Waals surface area contributed by atoms with Crippen molar-refractivity contribution in [2.75, 3.05) is 6.54 Å². The number of hydrogen-bond acceptors (Lipinski definition) is 2. The molecule has 0 bridgehead atoms. The van der Waals surface area contributed by atoms with Gasteiger partial charge in [0.25, 0.3) is 0 Å². The van der Waals surface area contributed by atoms with Crippen molar-refractivity contribution in [2.24, 2.45) is 5.92 Å². The van der Waals surface area contributed by atoms with E-state index in [0.29, 0.717) is 0 Å². The summed E-state index contributed by atoms with van der Waals surface area (Å²) in [5.41, 5.74) is -0.925. The molecule has 2 aliphatic rings. The molecule has 5 heteroatoms. The molecular formula is C13H22F3NO. The molecule has 0 spiro atoms. The predicted molar refractivity (Wildman–Crippen MR) is 63.2 cm³/mol. The molecule has 1 aliphatic carbocycles. The first kappa shape index (κ1) is 14.1. The van der Waals surface area contributed by atoms with Crippen molar-refractivity contribution >= 4 is 0 Å². The molecular weight excluding hydrogens is 243 g/mol. The molecule has 18 heavy (non-hydrogen) atoms. The third-order valence-corrected chi connectivity index (χ3v) is 4.52. The average Bonchev–Trinajstić information content (AvgIpc) is 2.57. The maximum absolute atomic E-state index is 12.6. The zero-order valence-corrected chi connectivity index (χ0v) is 10.6. The van der Waals surface area contributed by atoms with Crippen molar-refractivity contribution in [2.45, 2.75) is 69.2 Å². The van der Waals surface area contributed by atoms with E-state index in [2.05, 4.69) is 5.32 Å². The number of alkyl halides is 3. The van der Waals surface area contributed by atoms with Crippen LogP contribution in [0, 0.1) is 5.92 Å². The number of nitrogens with one attached hydrogen (secondary N) is 1. The minimum Gasteiger partial charge on any atom is -0.388 e. The van der Waals surface area contributed by atoms with Crippen LogP contribution in [-0.2, 0) is 0 Å². The largest absolute Gasteiger partial charge is 0.391 e. The van der Waals surface area contributed by atoms with Crippen molar-refractivity contribution in [3.05, 3.63) is 0 Å². The summed E-state index contributed by atoms with van der Waals surface area (Å²) in [6.07, 6.45) is 0.761. The fraction of sp³-hybridized carbons (Fsp3) is 1.00. The zero-order valence-electron chi connectivity index (χ0n) is 10.6. The Bertz CT molecular complexity index is 264. The molecule has 2 N–H and O–H groups in total. The summed E-state index contributed by atoms with van der Waals surface area (Å²) in [6, 6.07) is -0.0193. The molecule has 0 aromatic rings. The highest BCUT2D eigenvalue weighted by atomic mass is 19.4. The van der Waals surface area contributed by atoms with E-state index in [1.165, 1.54) is 0 Å². The molecule has 1 unspecified atom stereocenters. The van der Waals surface area contributed by atoms with Crippen LogP contribution in [0.4, 0.5) is 13.2 Å². The number of rotatable bonds is 1. The van der Waals surface area contributed by atoms with E-state index in [1.807, 2.05) is 0 Å². The van der Waals surface area contributed by atoms with Crippen LogP contribution in [0.15, 0.2) is 0 Å². The molecule has 2 fully saturated rings. The van der Waals surface area contributed by atoms with Gasteiger partial charge in [-0.2, -0.15) is 13.2 Å². The lowest BCUT2D eigenvalue weighted by Gasteiger charge is -2.42. The molecule has 1 saturated heterocycles. The highest BCUT2D eigenvalue weighted by Crippen LogP contribution is 2.43. The van der Waals surface area contributed by atoms with Gasteiger partial charge in [0, 0.05) is 6.04 Å². The summed E-state index contributed by atoms with van der Waals surface area (Å²) in [7, 11) is 0. The van der Waals surface area contributed by atoms with E-state index in [9.17, 15) is 18.3 Å². The average molecular weight is 265 g/mol. The number of aliphatic hydroxyl groups is 1. The van der Waals surface area contributed by atoms with Crippen LogP contribution < -0.4 is 5.32 Å². The Balaban J connectivity index is 1.93. The van der Waals surface area contributed by atoms with E-state index in [1.54, 1.807) is 0 Å². The molecule has 0 aromatic heterocycles. The minimum atomic E-state index is -4.10. The fourth-order valence-corrected chi connectivity index (χ4v) is 3.28. The Morgan fingerprint density at radius 2 is 1.67 bits per heavy atom. The number of halogens is 3. The van der Waals surface area contributed by atoms with E-state index in [-0.39, 0.29) is 31.7 Å². The number of hydrogen-bond donors (Lipinski definition) is 2. The van der Waals surface area contributed by atoms with E-state index in [4.69, 9.17) is 0 Å². The Labute approximate surface area is 106 Å². The Morgan fingerprint density at radius 1 is 1.00 bits per heavy atom. The smallest absolute Gasteiger partial charge is 0.388 e. The van der Waals surface area contributed by atoms with Gasteiger partial charge in [-0.15, -0.1) is 0 Å². The fourth-order valence-electron chi connectivity index (χ4n) is 3.28. The van der Waals surface area contributed by atoms with Gasteiger partial charge in [-0.05, 0) is 45.1 Å². The molecule has 1 heterocycles. The second-order valence-electron chi connectivity index (χ2n) is 5.78. The summed E-state index contributed by atoms with van der Waals surface area (Å²) in [6.45, 7) is 0.871. The van der Waals surface area contributed by atoms with Crippen LogP contribution in [0.3, 0.4) is 0 Å². The maximum atomic E-state index is 12.6. The van der Waals surface area contributed by atoms with Gasteiger partial charge in [-0.3, -0.25) is 0 Å². The first-order chi connectivity index (χ1) is 8.42. The molecule has 1 aliphatic heterocycles. The second-order valence-corrected chi connectivity index (χ2v) is 5.78. The van der Waals surface area contributed by atoms with Gasteiger partial charge in [-0.1, -0.05) is 12.8 Å². The van der Waals surface area contributed by atoms with Gasteiger partial charge in [0.2, 0.25) is 0 Å². The quantitative estimate of drug-likeness (QED) is 0.764. The molecule has 0 aromatic carbocycles. The predicted octanol–water partition coefficient (Wildman–Crippen LogP) is 3.00. The summed E-state index contributed by atoms with van der Waals surface area (Å²) < 4.78 is 37.8. The van der Waals surface area contributed by atoms with E-state index < -0.39 is 17.7 Å². The van der Waals surface area contributed by atoms with Gasteiger partial charge in [-0.25, -0.2) is 0 Å². The van der Waals surface area contributed by atoms with Crippen molar-refractivity contribution in [1.29, 1.82) is 0 Å². The first-order valence-electron chi connectivity index (χ1n) is 6.94. The molecule has 106 valence electrons. The molecule has 0 radical (unpaired) electrons. The lowest BCUT2D eigenvalue weighted by atomic mass is 9.73. The van der Waals surface area contributed by atoms with Gasteiger partial charge in [0.15, 0.2) is 0 Å². The van der Waals surface area contributed by atoms with Crippen LogP contribution in [-0.4, -0.2) is 29.5 Å². The van der Waals surface area contributed by atoms with Crippen LogP contribution in [0.2, 0.25) is 0 Å².